The predicted octanol–water partition coefficient (Wildman–Crippen LogP) is 3.66. The van der Waals surface area contributed by atoms with Gasteiger partial charge in [-0.1, -0.05) is 6.07 Å². The smallest absolute Gasteiger partial charge is 0.253 e. The number of halogens is 1. The van der Waals surface area contributed by atoms with Gasteiger partial charge in [-0.05, 0) is 54.8 Å². The summed E-state index contributed by atoms with van der Waals surface area (Å²) in [5.41, 5.74) is 1.25. The Hall–Kier alpha value is -2.60. The van der Waals surface area contributed by atoms with E-state index in [4.69, 9.17) is 14.2 Å². The molecule has 1 aliphatic rings. The topological polar surface area (TPSA) is 48.0 Å². The summed E-state index contributed by atoms with van der Waals surface area (Å²) in [4.78, 5) is 14.1. The fraction of sp³-hybridized carbons (Fsp3) is 0.381. The molecule has 0 radical (unpaired) electrons. The van der Waals surface area contributed by atoms with Gasteiger partial charge < -0.3 is 19.1 Å². The number of benzene rings is 2. The normalized spacial score (nSPS) is 16.2. The van der Waals surface area contributed by atoms with Crippen molar-refractivity contribution in [2.45, 2.75) is 25.5 Å². The molecule has 1 unspecified atom stereocenters. The van der Waals surface area contributed by atoms with Crippen LogP contribution >= 0.6 is 0 Å². The number of ether oxygens (including phenoxy) is 3. The van der Waals surface area contributed by atoms with E-state index in [1.165, 1.54) is 13.2 Å². The molecule has 0 spiro atoms. The molecule has 1 saturated heterocycles. The minimum absolute atomic E-state index is 0.142. The quantitative estimate of drug-likeness (QED) is 0.743. The SMILES string of the molecule is COc1ccc(CN(C)C(=O)c2ccc(OCC3CCCO3)cc2)cc1F. The van der Waals surface area contributed by atoms with Crippen LogP contribution in [0.15, 0.2) is 42.5 Å². The second kappa shape index (κ2) is 8.86. The lowest BCUT2D eigenvalue weighted by Gasteiger charge is -2.18. The highest BCUT2D eigenvalue weighted by atomic mass is 19.1. The Morgan fingerprint density at radius 3 is 2.67 bits per heavy atom. The van der Waals surface area contributed by atoms with E-state index in [9.17, 15) is 9.18 Å². The summed E-state index contributed by atoms with van der Waals surface area (Å²) in [7, 11) is 3.11. The highest BCUT2D eigenvalue weighted by molar-refractivity contribution is 5.94. The molecule has 5 nitrogen and oxygen atoms in total. The Labute approximate surface area is 158 Å². The number of amides is 1. The lowest BCUT2D eigenvalue weighted by molar-refractivity contribution is 0.0679. The molecule has 2 aromatic rings. The van der Waals surface area contributed by atoms with Gasteiger partial charge in [-0.15, -0.1) is 0 Å². The van der Waals surface area contributed by atoms with Gasteiger partial charge in [-0.3, -0.25) is 4.79 Å². The van der Waals surface area contributed by atoms with Crippen molar-refractivity contribution >= 4 is 5.91 Å². The number of hydrogen-bond donors (Lipinski definition) is 0. The summed E-state index contributed by atoms with van der Waals surface area (Å²) < 4.78 is 30.0. The summed E-state index contributed by atoms with van der Waals surface area (Å²) in [5, 5.41) is 0. The zero-order valence-corrected chi connectivity index (χ0v) is 15.6. The van der Waals surface area contributed by atoms with Crippen LogP contribution in [0.25, 0.3) is 0 Å². The second-order valence-electron chi connectivity index (χ2n) is 6.60. The van der Waals surface area contributed by atoms with Gasteiger partial charge in [0.05, 0.1) is 13.2 Å². The van der Waals surface area contributed by atoms with Crippen molar-refractivity contribution in [2.75, 3.05) is 27.4 Å². The number of rotatable bonds is 7. The van der Waals surface area contributed by atoms with Crippen molar-refractivity contribution in [2.24, 2.45) is 0 Å². The first kappa shape index (κ1) is 19.2. The van der Waals surface area contributed by atoms with Crippen molar-refractivity contribution in [1.82, 2.24) is 4.90 Å². The van der Waals surface area contributed by atoms with Crippen LogP contribution in [0.4, 0.5) is 4.39 Å². The summed E-state index contributed by atoms with van der Waals surface area (Å²) in [6, 6.07) is 11.7. The van der Waals surface area contributed by atoms with Gasteiger partial charge in [0, 0.05) is 25.8 Å². The van der Waals surface area contributed by atoms with Crippen LogP contribution in [0.5, 0.6) is 11.5 Å². The molecular formula is C21H24FNO4. The average molecular weight is 373 g/mol. The van der Waals surface area contributed by atoms with Gasteiger partial charge >= 0.3 is 0 Å². The van der Waals surface area contributed by atoms with Crippen LogP contribution in [-0.2, 0) is 11.3 Å². The van der Waals surface area contributed by atoms with Crippen LogP contribution in [0.1, 0.15) is 28.8 Å². The van der Waals surface area contributed by atoms with E-state index < -0.39 is 5.82 Å². The molecule has 0 saturated carbocycles. The maximum absolute atomic E-state index is 13.8. The minimum atomic E-state index is -0.441. The van der Waals surface area contributed by atoms with E-state index in [-0.39, 0.29) is 17.8 Å². The van der Waals surface area contributed by atoms with Crippen molar-refractivity contribution < 1.29 is 23.4 Å². The number of carbonyl (C=O) groups is 1. The van der Waals surface area contributed by atoms with Gasteiger partial charge in [-0.25, -0.2) is 4.39 Å². The monoisotopic (exact) mass is 373 g/mol. The first-order chi connectivity index (χ1) is 13.1. The van der Waals surface area contributed by atoms with Gasteiger partial charge in [0.15, 0.2) is 11.6 Å². The molecule has 1 amide bonds. The minimum Gasteiger partial charge on any atom is -0.494 e. The lowest BCUT2D eigenvalue weighted by atomic mass is 10.1. The highest BCUT2D eigenvalue weighted by Gasteiger charge is 2.17. The maximum atomic E-state index is 13.8. The number of carbonyl (C=O) groups excluding carboxylic acids is 1. The van der Waals surface area contributed by atoms with E-state index in [1.54, 1.807) is 48.3 Å². The average Bonchev–Trinajstić information content (AvgIpc) is 3.20. The number of hydrogen-bond acceptors (Lipinski definition) is 4. The van der Waals surface area contributed by atoms with E-state index >= 15 is 0 Å². The molecule has 0 aliphatic carbocycles. The molecule has 0 aromatic heterocycles. The van der Waals surface area contributed by atoms with E-state index in [0.717, 1.165) is 19.4 Å². The van der Waals surface area contributed by atoms with Crippen LogP contribution < -0.4 is 9.47 Å². The molecule has 6 heteroatoms. The van der Waals surface area contributed by atoms with Crippen molar-refractivity contribution in [1.29, 1.82) is 0 Å². The van der Waals surface area contributed by atoms with Crippen LogP contribution in [0.3, 0.4) is 0 Å². The predicted molar refractivity (Wildman–Crippen MR) is 99.7 cm³/mol. The van der Waals surface area contributed by atoms with Crippen LogP contribution in [-0.4, -0.2) is 44.3 Å². The van der Waals surface area contributed by atoms with Crippen LogP contribution in [0.2, 0.25) is 0 Å². The summed E-state index contributed by atoms with van der Waals surface area (Å²) in [6.45, 7) is 1.62. The highest BCUT2D eigenvalue weighted by Crippen LogP contribution is 2.20. The molecule has 1 fully saturated rings. The number of methoxy groups -OCH3 is 1. The van der Waals surface area contributed by atoms with Crippen molar-refractivity contribution in [3.8, 4) is 11.5 Å². The van der Waals surface area contributed by atoms with E-state index in [1.807, 2.05) is 0 Å². The lowest BCUT2D eigenvalue weighted by Crippen LogP contribution is -2.26. The first-order valence-corrected chi connectivity index (χ1v) is 8.99. The third kappa shape index (κ3) is 4.98. The molecular weight excluding hydrogens is 349 g/mol. The molecule has 1 heterocycles. The Morgan fingerprint density at radius 2 is 2.04 bits per heavy atom. The Bertz CT molecular complexity index is 772. The number of nitrogens with zero attached hydrogens (tertiary/aromatic N) is 1. The maximum Gasteiger partial charge on any atom is 0.253 e. The fourth-order valence-electron chi connectivity index (χ4n) is 3.03. The van der Waals surface area contributed by atoms with Gasteiger partial charge in [0.2, 0.25) is 0 Å². The standard InChI is InChI=1S/C21H24FNO4/c1-23(13-15-5-10-20(25-2)19(22)12-15)21(24)16-6-8-17(9-7-16)27-14-18-4-3-11-26-18/h5-10,12,18H,3-4,11,13-14H2,1-2H3. The molecule has 0 bridgehead atoms. The largest absolute Gasteiger partial charge is 0.494 e. The van der Waals surface area contributed by atoms with Gasteiger partial charge in [-0.2, -0.15) is 0 Å². The summed E-state index contributed by atoms with van der Waals surface area (Å²) in [6.07, 6.45) is 2.25. The zero-order chi connectivity index (χ0) is 19.2. The van der Waals surface area contributed by atoms with Crippen LogP contribution in [0, 0.1) is 5.82 Å². The molecule has 144 valence electrons. The summed E-state index contributed by atoms with van der Waals surface area (Å²) >= 11 is 0. The second-order valence-corrected chi connectivity index (χ2v) is 6.60. The van der Waals surface area contributed by atoms with Gasteiger partial charge in [0.25, 0.3) is 5.91 Å². The van der Waals surface area contributed by atoms with Gasteiger partial charge in [0.1, 0.15) is 12.4 Å². The van der Waals surface area contributed by atoms with E-state index in [2.05, 4.69) is 0 Å². The third-order valence-corrected chi connectivity index (χ3v) is 4.54. The first-order valence-electron chi connectivity index (χ1n) is 8.99. The molecule has 27 heavy (non-hydrogen) atoms. The fourth-order valence-corrected chi connectivity index (χ4v) is 3.03. The molecule has 0 N–H and O–H groups in total. The zero-order valence-electron chi connectivity index (χ0n) is 15.6. The van der Waals surface area contributed by atoms with Crippen molar-refractivity contribution in [3.63, 3.8) is 0 Å². The van der Waals surface area contributed by atoms with Crippen molar-refractivity contribution in [3.05, 3.63) is 59.4 Å². The molecule has 1 atom stereocenters. The molecule has 2 aromatic carbocycles. The Morgan fingerprint density at radius 1 is 1.26 bits per heavy atom. The Kier molecular flexibility index (Phi) is 6.29. The van der Waals surface area contributed by atoms with E-state index in [0.29, 0.717) is 30.0 Å². The summed E-state index contributed by atoms with van der Waals surface area (Å²) in [5.74, 6) is 0.314. The molecule has 3 rings (SSSR count). The molecule has 1 aliphatic heterocycles. The Balaban J connectivity index is 1.56. The third-order valence-electron chi connectivity index (χ3n) is 4.54.